The van der Waals surface area contributed by atoms with E-state index in [4.69, 9.17) is 5.26 Å². The molecule has 0 aromatic heterocycles. The van der Waals surface area contributed by atoms with Gasteiger partial charge in [-0.3, -0.25) is 4.90 Å². The van der Waals surface area contributed by atoms with Crippen molar-refractivity contribution in [2.75, 3.05) is 18.4 Å². The normalized spacial score (nSPS) is 24.4. The van der Waals surface area contributed by atoms with E-state index >= 15 is 0 Å². The predicted octanol–water partition coefficient (Wildman–Crippen LogP) is 2.45. The average Bonchev–Trinajstić information content (AvgIpc) is 2.92. The minimum absolute atomic E-state index is 0.126. The molecular weight excluding hydrogens is 283 g/mol. The van der Waals surface area contributed by atoms with Crippen molar-refractivity contribution in [2.24, 2.45) is 0 Å². The van der Waals surface area contributed by atoms with Gasteiger partial charge in [0.25, 0.3) is 0 Å². The van der Waals surface area contributed by atoms with Crippen molar-refractivity contribution in [1.29, 1.82) is 5.26 Å². The van der Waals surface area contributed by atoms with E-state index in [1.165, 1.54) is 25.0 Å². The molecule has 2 N–H and O–H groups in total. The molecule has 5 nitrogen and oxygen atoms in total. The number of carbonyl (C=O) groups is 1. The molecule has 2 aliphatic rings. The number of halogens is 1. The molecule has 3 rings (SSSR count). The van der Waals surface area contributed by atoms with Crippen LogP contribution in [0.25, 0.3) is 0 Å². The first-order valence-electron chi connectivity index (χ1n) is 7.68. The Morgan fingerprint density at radius 1 is 1.32 bits per heavy atom. The molecule has 22 heavy (non-hydrogen) atoms. The Hall–Kier alpha value is -2.13. The zero-order valence-electron chi connectivity index (χ0n) is 12.3. The van der Waals surface area contributed by atoms with Gasteiger partial charge in [0, 0.05) is 18.6 Å². The first-order chi connectivity index (χ1) is 10.7. The number of nitriles is 1. The molecule has 0 radical (unpaired) electrons. The first kappa shape index (κ1) is 14.8. The molecular formula is C16H19FN4O. The number of nitrogens with zero attached hydrogens (tertiary/aromatic N) is 2. The lowest BCUT2D eigenvalue weighted by Crippen LogP contribution is -2.48. The summed E-state index contributed by atoms with van der Waals surface area (Å²) >= 11 is 0. The lowest BCUT2D eigenvalue weighted by Gasteiger charge is -2.32. The standard InChI is InChI=1S/C16H19FN4O/c17-12-4-5-13(11(9-12)10-18)19-16(22)20-14-6-8-21-7-2-1-3-15(14)21/h4-5,9,14-15H,1-3,6-8H2,(H2,19,20,22). The zero-order chi connectivity index (χ0) is 15.5. The summed E-state index contributed by atoms with van der Waals surface area (Å²) in [6.07, 6.45) is 4.51. The van der Waals surface area contributed by atoms with Crippen molar-refractivity contribution in [1.82, 2.24) is 10.2 Å². The maximum atomic E-state index is 13.1. The number of benzene rings is 1. The molecule has 0 bridgehead atoms. The van der Waals surface area contributed by atoms with E-state index in [1.807, 2.05) is 6.07 Å². The van der Waals surface area contributed by atoms with Gasteiger partial charge in [-0.2, -0.15) is 5.26 Å². The quantitative estimate of drug-likeness (QED) is 0.881. The largest absolute Gasteiger partial charge is 0.334 e. The van der Waals surface area contributed by atoms with Crippen LogP contribution in [0, 0.1) is 17.1 Å². The van der Waals surface area contributed by atoms with Gasteiger partial charge in [0.1, 0.15) is 11.9 Å². The van der Waals surface area contributed by atoms with E-state index in [0.29, 0.717) is 11.7 Å². The highest BCUT2D eigenvalue weighted by molar-refractivity contribution is 5.91. The van der Waals surface area contributed by atoms with Crippen LogP contribution in [0.4, 0.5) is 14.9 Å². The molecule has 2 aliphatic heterocycles. The van der Waals surface area contributed by atoms with E-state index in [0.717, 1.165) is 32.0 Å². The summed E-state index contributed by atoms with van der Waals surface area (Å²) in [5, 5.41) is 14.7. The molecule has 116 valence electrons. The number of fused-ring (bicyclic) bond motifs is 1. The van der Waals surface area contributed by atoms with Crippen molar-refractivity contribution >= 4 is 11.7 Å². The molecule has 0 aliphatic carbocycles. The molecule has 2 saturated heterocycles. The number of anilines is 1. The van der Waals surface area contributed by atoms with Gasteiger partial charge in [-0.15, -0.1) is 0 Å². The number of hydrogen-bond donors (Lipinski definition) is 2. The van der Waals surface area contributed by atoms with Gasteiger partial charge in [0.15, 0.2) is 0 Å². The van der Waals surface area contributed by atoms with Crippen molar-refractivity contribution in [2.45, 2.75) is 37.8 Å². The smallest absolute Gasteiger partial charge is 0.319 e. The van der Waals surface area contributed by atoms with Crippen LogP contribution in [0.2, 0.25) is 0 Å². The lowest BCUT2D eigenvalue weighted by atomic mass is 9.99. The number of amides is 2. The van der Waals surface area contributed by atoms with Gasteiger partial charge in [-0.25, -0.2) is 9.18 Å². The highest BCUT2D eigenvalue weighted by Gasteiger charge is 2.36. The molecule has 0 saturated carbocycles. The van der Waals surface area contributed by atoms with Crippen LogP contribution in [-0.2, 0) is 0 Å². The molecule has 0 spiro atoms. The van der Waals surface area contributed by atoms with Crippen molar-refractivity contribution in [3.8, 4) is 6.07 Å². The topological polar surface area (TPSA) is 68.2 Å². The minimum atomic E-state index is -0.490. The Kier molecular flexibility index (Phi) is 4.25. The summed E-state index contributed by atoms with van der Waals surface area (Å²) in [5.41, 5.74) is 0.459. The molecule has 2 unspecified atom stereocenters. The van der Waals surface area contributed by atoms with Gasteiger partial charge < -0.3 is 10.6 Å². The summed E-state index contributed by atoms with van der Waals surface area (Å²) in [5.74, 6) is -0.490. The van der Waals surface area contributed by atoms with E-state index < -0.39 is 5.82 Å². The van der Waals surface area contributed by atoms with Crippen LogP contribution in [-0.4, -0.2) is 36.1 Å². The Morgan fingerprint density at radius 3 is 3.00 bits per heavy atom. The number of nitrogens with one attached hydrogen (secondary N) is 2. The summed E-state index contributed by atoms with van der Waals surface area (Å²) in [6, 6.07) is 5.88. The Morgan fingerprint density at radius 2 is 2.18 bits per heavy atom. The fourth-order valence-electron chi connectivity index (χ4n) is 3.46. The van der Waals surface area contributed by atoms with Crippen molar-refractivity contribution < 1.29 is 9.18 Å². The van der Waals surface area contributed by atoms with Gasteiger partial charge in [-0.1, -0.05) is 6.42 Å². The van der Waals surface area contributed by atoms with Crippen LogP contribution >= 0.6 is 0 Å². The number of urea groups is 1. The second-order valence-corrected chi connectivity index (χ2v) is 5.89. The molecule has 1 aromatic carbocycles. The molecule has 2 heterocycles. The Labute approximate surface area is 129 Å². The van der Waals surface area contributed by atoms with Gasteiger partial charge in [0.05, 0.1) is 11.3 Å². The predicted molar refractivity (Wildman–Crippen MR) is 80.9 cm³/mol. The fourth-order valence-corrected chi connectivity index (χ4v) is 3.46. The van der Waals surface area contributed by atoms with E-state index in [1.54, 1.807) is 0 Å². The maximum absolute atomic E-state index is 13.1. The SMILES string of the molecule is N#Cc1cc(F)ccc1NC(=O)NC1CCN2CCCCC12. The summed E-state index contributed by atoms with van der Waals surface area (Å²) in [6.45, 7) is 2.14. The Bertz CT molecular complexity index is 613. The third-order valence-electron chi connectivity index (χ3n) is 4.52. The summed E-state index contributed by atoms with van der Waals surface area (Å²) in [4.78, 5) is 14.6. The van der Waals surface area contributed by atoms with E-state index in [-0.39, 0.29) is 17.6 Å². The maximum Gasteiger partial charge on any atom is 0.319 e. The molecule has 2 atom stereocenters. The van der Waals surface area contributed by atoms with Crippen LogP contribution in [0.15, 0.2) is 18.2 Å². The van der Waals surface area contributed by atoms with Crippen molar-refractivity contribution in [3.05, 3.63) is 29.6 Å². The zero-order valence-corrected chi connectivity index (χ0v) is 12.3. The van der Waals surface area contributed by atoms with Crippen LogP contribution in [0.1, 0.15) is 31.2 Å². The lowest BCUT2D eigenvalue weighted by molar-refractivity contribution is 0.180. The third-order valence-corrected chi connectivity index (χ3v) is 4.52. The number of carbonyl (C=O) groups excluding carboxylic acids is 1. The molecule has 2 amide bonds. The van der Waals surface area contributed by atoms with Crippen LogP contribution in [0.5, 0.6) is 0 Å². The first-order valence-corrected chi connectivity index (χ1v) is 7.68. The van der Waals surface area contributed by atoms with Gasteiger partial charge in [0.2, 0.25) is 0 Å². The fraction of sp³-hybridized carbons (Fsp3) is 0.500. The summed E-state index contributed by atoms with van der Waals surface area (Å²) in [7, 11) is 0. The minimum Gasteiger partial charge on any atom is -0.334 e. The highest BCUT2D eigenvalue weighted by atomic mass is 19.1. The highest BCUT2D eigenvalue weighted by Crippen LogP contribution is 2.27. The van der Waals surface area contributed by atoms with Crippen LogP contribution in [0.3, 0.4) is 0 Å². The van der Waals surface area contributed by atoms with Gasteiger partial charge in [-0.05, 0) is 44.0 Å². The molecule has 2 fully saturated rings. The van der Waals surface area contributed by atoms with Gasteiger partial charge >= 0.3 is 6.03 Å². The number of rotatable bonds is 2. The van der Waals surface area contributed by atoms with Crippen molar-refractivity contribution in [3.63, 3.8) is 0 Å². The molecule has 6 heteroatoms. The van der Waals surface area contributed by atoms with E-state index in [9.17, 15) is 9.18 Å². The summed E-state index contributed by atoms with van der Waals surface area (Å²) < 4.78 is 13.1. The Balaban J connectivity index is 1.62. The second-order valence-electron chi connectivity index (χ2n) is 5.89. The number of piperidine rings is 1. The average molecular weight is 302 g/mol. The third kappa shape index (κ3) is 3.04. The molecule has 1 aromatic rings. The van der Waals surface area contributed by atoms with Crippen LogP contribution < -0.4 is 10.6 Å². The second kappa shape index (κ2) is 6.32. The van der Waals surface area contributed by atoms with E-state index in [2.05, 4.69) is 15.5 Å². The monoisotopic (exact) mass is 302 g/mol. The number of hydrogen-bond acceptors (Lipinski definition) is 3.